The molecule has 1 amide bonds. The Morgan fingerprint density at radius 2 is 1.95 bits per heavy atom. The molecule has 116 valence electrons. The zero-order valence-electron chi connectivity index (χ0n) is 12.4. The molecule has 7 heteroatoms. The van der Waals surface area contributed by atoms with Crippen molar-refractivity contribution in [2.75, 3.05) is 25.4 Å². The van der Waals surface area contributed by atoms with Crippen molar-refractivity contribution < 1.29 is 14.3 Å². The van der Waals surface area contributed by atoms with E-state index in [1.54, 1.807) is 6.92 Å². The van der Waals surface area contributed by atoms with E-state index in [4.69, 9.17) is 10.5 Å². The lowest BCUT2D eigenvalue weighted by Gasteiger charge is -2.20. The highest BCUT2D eigenvalue weighted by Gasteiger charge is 2.19. The van der Waals surface area contributed by atoms with Crippen LogP contribution in [0.1, 0.15) is 43.1 Å². The lowest BCUT2D eigenvalue weighted by Crippen LogP contribution is -2.34. The van der Waals surface area contributed by atoms with E-state index in [2.05, 4.69) is 5.10 Å². The Labute approximate surface area is 124 Å². The number of aromatic nitrogens is 2. The summed E-state index contributed by atoms with van der Waals surface area (Å²) in [6.07, 6.45) is 5.93. The molecule has 1 saturated heterocycles. The van der Waals surface area contributed by atoms with Gasteiger partial charge < -0.3 is 15.4 Å². The molecule has 0 aliphatic carbocycles. The molecule has 0 unspecified atom stereocenters. The average Bonchev–Trinajstić information content (AvgIpc) is 2.67. The Kier molecular flexibility index (Phi) is 5.19. The van der Waals surface area contributed by atoms with Crippen LogP contribution < -0.4 is 5.73 Å². The molecule has 2 heterocycles. The van der Waals surface area contributed by atoms with Crippen LogP contribution in [0, 0.1) is 0 Å². The predicted octanol–water partition coefficient (Wildman–Crippen LogP) is 1.04. The van der Waals surface area contributed by atoms with Crippen molar-refractivity contribution in [3.63, 3.8) is 0 Å². The lowest BCUT2D eigenvalue weighted by atomic mass is 10.2. The predicted molar refractivity (Wildman–Crippen MR) is 77.6 cm³/mol. The fourth-order valence-corrected chi connectivity index (χ4v) is 2.43. The summed E-state index contributed by atoms with van der Waals surface area (Å²) in [5.74, 6) is -0.550. The number of amides is 1. The van der Waals surface area contributed by atoms with Crippen LogP contribution in [0.4, 0.5) is 5.69 Å². The first kappa shape index (κ1) is 15.3. The quantitative estimate of drug-likeness (QED) is 0.838. The van der Waals surface area contributed by atoms with Gasteiger partial charge in [-0.1, -0.05) is 12.8 Å². The van der Waals surface area contributed by atoms with Crippen LogP contribution in [0.25, 0.3) is 0 Å². The van der Waals surface area contributed by atoms with E-state index in [1.165, 1.54) is 23.7 Å². The number of nitrogens with zero attached hydrogens (tertiary/aromatic N) is 3. The van der Waals surface area contributed by atoms with Crippen LogP contribution in [0.3, 0.4) is 0 Å². The van der Waals surface area contributed by atoms with Gasteiger partial charge >= 0.3 is 5.97 Å². The van der Waals surface area contributed by atoms with Crippen molar-refractivity contribution in [3.05, 3.63) is 11.9 Å². The Balaban J connectivity index is 2.00. The molecule has 0 aromatic carbocycles. The Bertz CT molecular complexity index is 504. The van der Waals surface area contributed by atoms with Gasteiger partial charge in [-0.3, -0.25) is 9.48 Å². The fourth-order valence-electron chi connectivity index (χ4n) is 2.43. The summed E-state index contributed by atoms with van der Waals surface area (Å²) >= 11 is 0. The summed E-state index contributed by atoms with van der Waals surface area (Å²) in [6, 6.07) is 0. The van der Waals surface area contributed by atoms with Crippen LogP contribution in [0.5, 0.6) is 0 Å². The molecule has 1 aromatic rings. The lowest BCUT2D eigenvalue weighted by molar-refractivity contribution is -0.132. The molecule has 0 saturated carbocycles. The second-order valence-electron chi connectivity index (χ2n) is 5.15. The summed E-state index contributed by atoms with van der Waals surface area (Å²) < 4.78 is 6.28. The first-order chi connectivity index (χ1) is 10.1. The van der Waals surface area contributed by atoms with Gasteiger partial charge in [0.25, 0.3) is 0 Å². The number of rotatable bonds is 4. The molecule has 2 N–H and O–H groups in total. The molecule has 1 aliphatic rings. The first-order valence-electron chi connectivity index (χ1n) is 7.39. The summed E-state index contributed by atoms with van der Waals surface area (Å²) in [5, 5.41) is 4.06. The molecule has 2 rings (SSSR count). The number of hydrogen-bond acceptors (Lipinski definition) is 5. The van der Waals surface area contributed by atoms with Gasteiger partial charge in [0.2, 0.25) is 5.91 Å². The van der Waals surface area contributed by atoms with Gasteiger partial charge in [-0.05, 0) is 19.8 Å². The molecule has 7 nitrogen and oxygen atoms in total. The molecule has 0 atom stereocenters. The van der Waals surface area contributed by atoms with Gasteiger partial charge in [0.05, 0.1) is 12.3 Å². The maximum Gasteiger partial charge on any atom is 0.361 e. The second-order valence-corrected chi connectivity index (χ2v) is 5.15. The standard InChI is InChI=1S/C14H22N4O3/c1-2-21-14(20)13-11(15)9-18(16-13)10-12(19)17-7-5-3-4-6-8-17/h9H,2-8,10,15H2,1H3. The van der Waals surface area contributed by atoms with Crippen molar-refractivity contribution in [2.24, 2.45) is 0 Å². The second kappa shape index (κ2) is 7.10. The highest BCUT2D eigenvalue weighted by molar-refractivity contribution is 5.92. The Morgan fingerprint density at radius 3 is 2.57 bits per heavy atom. The number of anilines is 1. The number of hydrogen-bond donors (Lipinski definition) is 1. The zero-order valence-corrected chi connectivity index (χ0v) is 12.4. The minimum Gasteiger partial charge on any atom is -0.461 e. The molecule has 0 spiro atoms. The van der Waals surface area contributed by atoms with Crippen molar-refractivity contribution in [3.8, 4) is 0 Å². The van der Waals surface area contributed by atoms with Gasteiger partial charge in [0.15, 0.2) is 5.69 Å². The first-order valence-corrected chi connectivity index (χ1v) is 7.39. The van der Waals surface area contributed by atoms with Crippen molar-refractivity contribution in [1.29, 1.82) is 0 Å². The van der Waals surface area contributed by atoms with Crippen LogP contribution >= 0.6 is 0 Å². The van der Waals surface area contributed by atoms with Crippen LogP contribution in [-0.4, -0.2) is 46.3 Å². The number of carbonyl (C=O) groups excluding carboxylic acids is 2. The molecule has 1 fully saturated rings. The van der Waals surface area contributed by atoms with Crippen LogP contribution in [-0.2, 0) is 16.1 Å². The van der Waals surface area contributed by atoms with E-state index in [0.717, 1.165) is 25.9 Å². The molecular weight excluding hydrogens is 272 g/mol. The molecule has 0 bridgehead atoms. The zero-order chi connectivity index (χ0) is 15.2. The van der Waals surface area contributed by atoms with Crippen LogP contribution in [0.2, 0.25) is 0 Å². The van der Waals surface area contributed by atoms with Crippen molar-refractivity contribution in [1.82, 2.24) is 14.7 Å². The fraction of sp³-hybridized carbons (Fsp3) is 0.643. The highest BCUT2D eigenvalue weighted by Crippen LogP contribution is 2.13. The number of likely N-dealkylation sites (tertiary alicyclic amines) is 1. The summed E-state index contributed by atoms with van der Waals surface area (Å²) in [4.78, 5) is 25.7. The smallest absolute Gasteiger partial charge is 0.361 e. The monoisotopic (exact) mass is 294 g/mol. The Morgan fingerprint density at radius 1 is 1.29 bits per heavy atom. The van der Waals surface area contributed by atoms with Gasteiger partial charge in [0, 0.05) is 19.3 Å². The van der Waals surface area contributed by atoms with Gasteiger partial charge in [-0.2, -0.15) is 5.10 Å². The SMILES string of the molecule is CCOC(=O)c1nn(CC(=O)N2CCCCCC2)cc1N. The van der Waals surface area contributed by atoms with Gasteiger partial charge in [-0.25, -0.2) is 4.79 Å². The highest BCUT2D eigenvalue weighted by atomic mass is 16.5. The van der Waals surface area contributed by atoms with Crippen molar-refractivity contribution >= 4 is 17.6 Å². The summed E-state index contributed by atoms with van der Waals surface area (Å²) in [5.41, 5.74) is 6.05. The van der Waals surface area contributed by atoms with E-state index in [9.17, 15) is 9.59 Å². The van der Waals surface area contributed by atoms with E-state index < -0.39 is 5.97 Å². The van der Waals surface area contributed by atoms with E-state index in [1.807, 2.05) is 4.90 Å². The van der Waals surface area contributed by atoms with Gasteiger partial charge in [0.1, 0.15) is 6.54 Å². The van der Waals surface area contributed by atoms with E-state index >= 15 is 0 Å². The summed E-state index contributed by atoms with van der Waals surface area (Å²) in [7, 11) is 0. The molecule has 0 radical (unpaired) electrons. The normalized spacial score (nSPS) is 15.6. The minimum atomic E-state index is -0.559. The topological polar surface area (TPSA) is 90.4 Å². The largest absolute Gasteiger partial charge is 0.461 e. The summed E-state index contributed by atoms with van der Waals surface area (Å²) in [6.45, 7) is 3.66. The third-order valence-electron chi connectivity index (χ3n) is 3.51. The Hall–Kier alpha value is -2.05. The molecular formula is C14H22N4O3. The maximum atomic E-state index is 12.2. The van der Waals surface area contributed by atoms with Crippen molar-refractivity contribution in [2.45, 2.75) is 39.2 Å². The van der Waals surface area contributed by atoms with Gasteiger partial charge in [-0.15, -0.1) is 0 Å². The van der Waals surface area contributed by atoms with Crippen LogP contribution in [0.15, 0.2) is 6.20 Å². The number of esters is 1. The van der Waals surface area contributed by atoms with E-state index in [-0.39, 0.29) is 30.4 Å². The molecule has 21 heavy (non-hydrogen) atoms. The third kappa shape index (κ3) is 3.96. The molecule has 1 aliphatic heterocycles. The minimum absolute atomic E-state index is 0.00908. The van der Waals surface area contributed by atoms with E-state index in [0.29, 0.717) is 0 Å². The number of ether oxygens (including phenoxy) is 1. The average molecular weight is 294 g/mol. The maximum absolute atomic E-state index is 12.2. The number of nitrogens with two attached hydrogens (primary N) is 1. The number of carbonyl (C=O) groups is 2. The third-order valence-corrected chi connectivity index (χ3v) is 3.51. The number of nitrogen functional groups attached to an aromatic ring is 1. The molecule has 1 aromatic heterocycles.